The van der Waals surface area contributed by atoms with Crippen molar-refractivity contribution in [3.63, 3.8) is 0 Å². The molecule has 16 heavy (non-hydrogen) atoms. The van der Waals surface area contributed by atoms with Gasteiger partial charge < -0.3 is 15.3 Å². The van der Waals surface area contributed by atoms with E-state index in [4.69, 9.17) is 19.9 Å². The second-order valence-corrected chi connectivity index (χ2v) is 5.47. The fourth-order valence-corrected chi connectivity index (χ4v) is 2.39. The van der Waals surface area contributed by atoms with Crippen LogP contribution < -0.4 is 5.32 Å². The molecule has 0 saturated carbocycles. The second-order valence-electron chi connectivity index (χ2n) is 3.70. The quantitative estimate of drug-likeness (QED) is 0.196. The van der Waals surface area contributed by atoms with E-state index in [1.807, 2.05) is 0 Å². The summed E-state index contributed by atoms with van der Waals surface area (Å²) in [5.74, 6) is -0.656. The summed E-state index contributed by atoms with van der Waals surface area (Å²) in [4.78, 5) is 0. The monoisotopic (exact) mass is 257 g/mol. The molecule has 7 nitrogen and oxygen atoms in total. The summed E-state index contributed by atoms with van der Waals surface area (Å²) < 4.78 is 29.4. The topological polar surface area (TPSA) is 127 Å². The average Bonchev–Trinajstić information content (AvgIpc) is 2.18. The van der Waals surface area contributed by atoms with Crippen LogP contribution in [0.3, 0.4) is 0 Å². The van der Waals surface area contributed by atoms with Gasteiger partial charge in [-0.15, -0.1) is 0 Å². The molecule has 0 aliphatic heterocycles. The van der Waals surface area contributed by atoms with Gasteiger partial charge in [0.15, 0.2) is 0 Å². The number of hydrogen-bond donors (Lipinski definition) is 5. The standard InChI is InChI=1S/C8H19NO6S/c1-7(2-3-9-6-12)8(4-10,5-11)16(13,14)15/h7,9-12H,2-6H2,1H3,(H,13,14,15)/t7-/m0/s1. The number of aliphatic hydroxyl groups excluding tert-OH is 3. The molecule has 0 spiro atoms. The van der Waals surface area contributed by atoms with Gasteiger partial charge in [0.25, 0.3) is 10.1 Å². The van der Waals surface area contributed by atoms with Gasteiger partial charge in [-0.2, -0.15) is 8.42 Å². The van der Waals surface area contributed by atoms with Crippen molar-refractivity contribution < 1.29 is 28.3 Å². The number of nitrogens with one attached hydrogen (secondary N) is 1. The first-order valence-corrected chi connectivity index (χ1v) is 6.30. The molecule has 0 heterocycles. The van der Waals surface area contributed by atoms with Gasteiger partial charge in [-0.1, -0.05) is 6.92 Å². The Morgan fingerprint density at radius 2 is 1.75 bits per heavy atom. The van der Waals surface area contributed by atoms with Crippen molar-refractivity contribution in [2.75, 3.05) is 26.5 Å². The maximum Gasteiger partial charge on any atom is 0.275 e. The van der Waals surface area contributed by atoms with E-state index in [1.54, 1.807) is 0 Å². The Kier molecular flexibility index (Phi) is 6.38. The smallest absolute Gasteiger partial charge is 0.275 e. The van der Waals surface area contributed by atoms with Crippen LogP contribution in [-0.4, -0.2) is 59.5 Å². The Balaban J connectivity index is 4.78. The molecule has 0 aromatic heterocycles. The highest BCUT2D eigenvalue weighted by molar-refractivity contribution is 7.87. The van der Waals surface area contributed by atoms with Crippen molar-refractivity contribution in [3.05, 3.63) is 0 Å². The van der Waals surface area contributed by atoms with Crippen molar-refractivity contribution in [3.8, 4) is 0 Å². The largest absolute Gasteiger partial charge is 0.395 e. The summed E-state index contributed by atoms with van der Waals surface area (Å²) in [5.41, 5.74) is 0. The lowest BCUT2D eigenvalue weighted by atomic mass is 9.91. The Labute approximate surface area is 94.9 Å². The molecule has 0 unspecified atom stereocenters. The van der Waals surface area contributed by atoms with Gasteiger partial charge in [0.1, 0.15) is 4.75 Å². The molecular formula is C8H19NO6S. The molecular weight excluding hydrogens is 238 g/mol. The van der Waals surface area contributed by atoms with E-state index in [0.717, 1.165) is 0 Å². The molecule has 0 amide bonds. The van der Waals surface area contributed by atoms with Crippen LogP contribution in [0.15, 0.2) is 0 Å². The van der Waals surface area contributed by atoms with E-state index in [0.29, 0.717) is 6.54 Å². The van der Waals surface area contributed by atoms with E-state index in [2.05, 4.69) is 5.32 Å². The summed E-state index contributed by atoms with van der Waals surface area (Å²) in [7, 11) is -4.55. The van der Waals surface area contributed by atoms with Crippen LogP contribution in [0.4, 0.5) is 0 Å². The van der Waals surface area contributed by atoms with E-state index >= 15 is 0 Å². The number of rotatable bonds is 8. The van der Waals surface area contributed by atoms with Gasteiger partial charge >= 0.3 is 0 Å². The molecule has 0 aromatic rings. The highest BCUT2D eigenvalue weighted by Gasteiger charge is 2.46. The van der Waals surface area contributed by atoms with E-state index in [9.17, 15) is 8.42 Å². The molecule has 0 aromatic carbocycles. The maximum absolute atomic E-state index is 11.2. The Bertz CT molecular complexity index is 287. The van der Waals surface area contributed by atoms with Crippen molar-refractivity contribution in [2.45, 2.75) is 18.1 Å². The molecule has 0 rings (SSSR count). The van der Waals surface area contributed by atoms with Crippen molar-refractivity contribution in [1.82, 2.24) is 5.32 Å². The molecule has 8 heteroatoms. The summed E-state index contributed by atoms with van der Waals surface area (Å²) in [6, 6.07) is 0. The van der Waals surface area contributed by atoms with Gasteiger partial charge in [-0.05, 0) is 18.9 Å². The third-order valence-corrected chi connectivity index (χ3v) is 4.50. The predicted molar refractivity (Wildman–Crippen MR) is 57.3 cm³/mol. The Morgan fingerprint density at radius 1 is 1.25 bits per heavy atom. The SMILES string of the molecule is C[C@@H](CCNCO)C(CO)(CO)S(=O)(=O)O. The molecule has 5 N–H and O–H groups in total. The van der Waals surface area contributed by atoms with Crippen molar-refractivity contribution in [2.24, 2.45) is 5.92 Å². The summed E-state index contributed by atoms with van der Waals surface area (Å²) in [6.45, 7) is -0.150. The second kappa shape index (κ2) is 6.48. The van der Waals surface area contributed by atoms with Crippen LogP contribution >= 0.6 is 0 Å². The predicted octanol–water partition coefficient (Wildman–Crippen LogP) is -1.84. The van der Waals surface area contributed by atoms with Crippen LogP contribution in [-0.2, 0) is 10.1 Å². The van der Waals surface area contributed by atoms with Gasteiger partial charge in [0.05, 0.1) is 19.9 Å². The summed E-state index contributed by atoms with van der Waals surface area (Å²) >= 11 is 0. The molecule has 0 aliphatic rings. The van der Waals surface area contributed by atoms with Crippen LogP contribution in [0.1, 0.15) is 13.3 Å². The van der Waals surface area contributed by atoms with E-state index in [1.165, 1.54) is 6.92 Å². The third kappa shape index (κ3) is 3.37. The minimum Gasteiger partial charge on any atom is -0.395 e. The molecule has 0 fully saturated rings. The Morgan fingerprint density at radius 3 is 2.06 bits per heavy atom. The lowest BCUT2D eigenvalue weighted by molar-refractivity contribution is 0.119. The average molecular weight is 257 g/mol. The first-order valence-electron chi connectivity index (χ1n) is 4.86. The highest BCUT2D eigenvalue weighted by Crippen LogP contribution is 2.27. The zero-order valence-corrected chi connectivity index (χ0v) is 9.94. The van der Waals surface area contributed by atoms with Crippen molar-refractivity contribution in [1.29, 1.82) is 0 Å². The molecule has 0 saturated heterocycles. The van der Waals surface area contributed by atoms with Gasteiger partial charge in [-0.3, -0.25) is 9.87 Å². The normalized spacial score (nSPS) is 15.1. The Hall–Kier alpha value is -0.250. The molecule has 1 atom stereocenters. The lowest BCUT2D eigenvalue weighted by Gasteiger charge is -2.32. The van der Waals surface area contributed by atoms with Crippen LogP contribution in [0.2, 0.25) is 0 Å². The molecule has 0 bridgehead atoms. The van der Waals surface area contributed by atoms with Crippen LogP contribution in [0, 0.1) is 5.92 Å². The summed E-state index contributed by atoms with van der Waals surface area (Å²) in [5, 5.41) is 29.2. The fourth-order valence-electron chi connectivity index (χ4n) is 1.44. The maximum atomic E-state index is 11.2. The number of hydrogen-bond acceptors (Lipinski definition) is 6. The lowest BCUT2D eigenvalue weighted by Crippen LogP contribution is -2.51. The fraction of sp³-hybridized carbons (Fsp3) is 1.00. The van der Waals surface area contributed by atoms with Crippen molar-refractivity contribution >= 4 is 10.1 Å². The first-order chi connectivity index (χ1) is 7.35. The zero-order chi connectivity index (χ0) is 12.8. The molecule has 0 radical (unpaired) electrons. The highest BCUT2D eigenvalue weighted by atomic mass is 32.2. The van der Waals surface area contributed by atoms with Crippen LogP contribution in [0.25, 0.3) is 0 Å². The first kappa shape index (κ1) is 15.8. The van der Waals surface area contributed by atoms with E-state index in [-0.39, 0.29) is 13.2 Å². The van der Waals surface area contributed by atoms with Crippen LogP contribution in [0.5, 0.6) is 0 Å². The molecule has 98 valence electrons. The summed E-state index contributed by atoms with van der Waals surface area (Å²) in [6.07, 6.45) is 0.279. The van der Waals surface area contributed by atoms with Gasteiger partial charge in [-0.25, -0.2) is 0 Å². The van der Waals surface area contributed by atoms with Gasteiger partial charge in [0.2, 0.25) is 0 Å². The minimum atomic E-state index is -4.55. The number of aliphatic hydroxyl groups is 3. The van der Waals surface area contributed by atoms with E-state index < -0.39 is 34.0 Å². The molecule has 0 aliphatic carbocycles. The minimum absolute atomic E-state index is 0.246. The third-order valence-electron chi connectivity index (χ3n) is 2.81. The zero-order valence-electron chi connectivity index (χ0n) is 9.13. The van der Waals surface area contributed by atoms with Gasteiger partial charge in [0, 0.05) is 0 Å².